The second-order valence-electron chi connectivity index (χ2n) is 4.18. The van der Waals surface area contributed by atoms with Crippen LogP contribution < -0.4 is 5.32 Å². The number of benzene rings is 1. The number of carbonyl (C=O) groups is 2. The van der Waals surface area contributed by atoms with Crippen LogP contribution in [0.25, 0.3) is 0 Å². The summed E-state index contributed by atoms with van der Waals surface area (Å²) >= 11 is 0. The highest BCUT2D eigenvalue weighted by Crippen LogP contribution is 2.28. The number of hydrogen-bond acceptors (Lipinski definition) is 4. The van der Waals surface area contributed by atoms with Gasteiger partial charge in [-0.05, 0) is 30.2 Å². The van der Waals surface area contributed by atoms with Crippen molar-refractivity contribution >= 4 is 27.4 Å². The Balaban J connectivity index is 2.46. The Morgan fingerprint density at radius 2 is 2.11 bits per heavy atom. The van der Waals surface area contributed by atoms with Gasteiger partial charge < -0.3 is 10.4 Å². The number of hydrogen-bond donors (Lipinski definition) is 2. The van der Waals surface area contributed by atoms with Gasteiger partial charge in [-0.25, -0.2) is 8.42 Å². The van der Waals surface area contributed by atoms with Crippen molar-refractivity contribution in [3.05, 3.63) is 23.8 Å². The van der Waals surface area contributed by atoms with E-state index in [2.05, 4.69) is 5.32 Å². The molecule has 7 heteroatoms. The molecule has 18 heavy (non-hydrogen) atoms. The zero-order chi connectivity index (χ0) is 13.5. The Morgan fingerprint density at radius 1 is 1.44 bits per heavy atom. The lowest BCUT2D eigenvalue weighted by atomic mass is 9.93. The third kappa shape index (κ3) is 2.21. The molecular weight excluding hydrogens is 258 g/mol. The van der Waals surface area contributed by atoms with Crippen LogP contribution in [0.3, 0.4) is 0 Å². The van der Waals surface area contributed by atoms with Crippen LogP contribution in [0.1, 0.15) is 5.56 Å². The smallest absolute Gasteiger partial charge is 0.316 e. The van der Waals surface area contributed by atoms with E-state index in [0.717, 1.165) is 6.26 Å². The van der Waals surface area contributed by atoms with Crippen LogP contribution in [-0.4, -0.2) is 31.7 Å². The van der Waals surface area contributed by atoms with Gasteiger partial charge in [0.25, 0.3) is 0 Å². The molecule has 0 spiro atoms. The summed E-state index contributed by atoms with van der Waals surface area (Å²) in [6.07, 6.45) is 1.07. The summed E-state index contributed by atoms with van der Waals surface area (Å²) in [6, 6.07) is 4.26. The van der Waals surface area contributed by atoms with Crippen molar-refractivity contribution in [3.8, 4) is 0 Å². The fraction of sp³-hybridized carbons (Fsp3) is 0.273. The molecule has 96 valence electrons. The van der Waals surface area contributed by atoms with E-state index in [0.29, 0.717) is 11.3 Å². The van der Waals surface area contributed by atoms with E-state index in [1.54, 1.807) is 0 Å². The van der Waals surface area contributed by atoms with E-state index in [1.165, 1.54) is 18.2 Å². The van der Waals surface area contributed by atoms with Gasteiger partial charge in [0.2, 0.25) is 5.91 Å². The summed E-state index contributed by atoms with van der Waals surface area (Å²) in [5.41, 5.74) is 0.981. The summed E-state index contributed by atoms with van der Waals surface area (Å²) in [7, 11) is -3.35. The maximum Gasteiger partial charge on any atom is 0.316 e. The van der Waals surface area contributed by atoms with Crippen LogP contribution in [0.15, 0.2) is 23.1 Å². The van der Waals surface area contributed by atoms with Crippen molar-refractivity contribution in [1.82, 2.24) is 0 Å². The molecule has 1 unspecified atom stereocenters. The molecule has 2 N–H and O–H groups in total. The number of fused-ring (bicyclic) bond motifs is 1. The molecule has 6 nitrogen and oxygen atoms in total. The van der Waals surface area contributed by atoms with Crippen LogP contribution in [0.5, 0.6) is 0 Å². The first-order valence-corrected chi connectivity index (χ1v) is 7.05. The van der Waals surface area contributed by atoms with Gasteiger partial charge in [-0.1, -0.05) is 0 Å². The van der Waals surface area contributed by atoms with Gasteiger partial charge in [-0.2, -0.15) is 0 Å². The molecule has 0 bridgehead atoms. The Bertz CT molecular complexity index is 635. The van der Waals surface area contributed by atoms with E-state index < -0.39 is 27.6 Å². The Morgan fingerprint density at radius 3 is 2.67 bits per heavy atom. The molecule has 1 aliphatic rings. The van der Waals surface area contributed by atoms with E-state index in [-0.39, 0.29) is 11.3 Å². The van der Waals surface area contributed by atoms with E-state index in [4.69, 9.17) is 5.11 Å². The molecule has 0 fully saturated rings. The maximum atomic E-state index is 11.5. The van der Waals surface area contributed by atoms with Crippen LogP contribution in [0.2, 0.25) is 0 Å². The third-order valence-electron chi connectivity index (χ3n) is 2.80. The fourth-order valence-corrected chi connectivity index (χ4v) is 2.50. The summed E-state index contributed by atoms with van der Waals surface area (Å²) in [4.78, 5) is 22.5. The van der Waals surface area contributed by atoms with Crippen LogP contribution >= 0.6 is 0 Å². The molecule has 1 aromatic rings. The van der Waals surface area contributed by atoms with Crippen molar-refractivity contribution < 1.29 is 23.1 Å². The third-order valence-corrected chi connectivity index (χ3v) is 3.91. The van der Waals surface area contributed by atoms with Gasteiger partial charge in [0.05, 0.1) is 4.90 Å². The number of carbonyl (C=O) groups excluding carboxylic acids is 1. The minimum Gasteiger partial charge on any atom is -0.481 e. The molecule has 0 saturated heterocycles. The SMILES string of the molecule is CS(=O)(=O)c1ccc2c(c1)CC(C(=O)O)C(=O)N2. The Kier molecular flexibility index (Phi) is 2.86. The first-order chi connectivity index (χ1) is 8.29. The predicted molar refractivity (Wildman–Crippen MR) is 63.0 cm³/mol. The molecule has 1 heterocycles. The lowest BCUT2D eigenvalue weighted by molar-refractivity contribution is -0.145. The van der Waals surface area contributed by atoms with Crippen LogP contribution in [0, 0.1) is 5.92 Å². The lowest BCUT2D eigenvalue weighted by Gasteiger charge is -2.22. The average molecular weight is 269 g/mol. The van der Waals surface area contributed by atoms with Crippen molar-refractivity contribution in [2.75, 3.05) is 11.6 Å². The summed E-state index contributed by atoms with van der Waals surface area (Å²) in [5, 5.41) is 11.3. The van der Waals surface area contributed by atoms with Gasteiger partial charge in [0, 0.05) is 11.9 Å². The standard InChI is InChI=1S/C11H11NO5S/c1-18(16,17)7-2-3-9-6(4-7)5-8(11(14)15)10(13)12-9/h2-4,8H,5H2,1H3,(H,12,13)(H,14,15). The van der Waals surface area contributed by atoms with Gasteiger partial charge in [0.15, 0.2) is 9.84 Å². The normalized spacial score (nSPS) is 18.9. The van der Waals surface area contributed by atoms with E-state index in [1.807, 2.05) is 0 Å². The highest BCUT2D eigenvalue weighted by atomic mass is 32.2. The van der Waals surface area contributed by atoms with Crippen molar-refractivity contribution in [2.45, 2.75) is 11.3 Å². The van der Waals surface area contributed by atoms with Gasteiger partial charge in [-0.3, -0.25) is 9.59 Å². The molecular formula is C11H11NO5S. The number of aliphatic carboxylic acids is 1. The van der Waals surface area contributed by atoms with Gasteiger partial charge >= 0.3 is 5.97 Å². The van der Waals surface area contributed by atoms with Gasteiger partial charge in [0.1, 0.15) is 5.92 Å². The number of rotatable bonds is 2. The number of carboxylic acids is 1. The van der Waals surface area contributed by atoms with Crippen LogP contribution in [0.4, 0.5) is 5.69 Å². The van der Waals surface area contributed by atoms with Gasteiger partial charge in [-0.15, -0.1) is 0 Å². The maximum absolute atomic E-state index is 11.5. The lowest BCUT2D eigenvalue weighted by Crippen LogP contribution is -2.35. The summed E-state index contributed by atoms with van der Waals surface area (Å²) < 4.78 is 22.8. The summed E-state index contributed by atoms with van der Waals surface area (Å²) in [6.45, 7) is 0. The van der Waals surface area contributed by atoms with E-state index >= 15 is 0 Å². The largest absolute Gasteiger partial charge is 0.481 e. The zero-order valence-corrected chi connectivity index (χ0v) is 10.3. The number of carboxylic acid groups (broad SMARTS) is 1. The number of nitrogens with one attached hydrogen (secondary N) is 1. The number of sulfone groups is 1. The first kappa shape index (κ1) is 12.6. The highest BCUT2D eigenvalue weighted by molar-refractivity contribution is 7.90. The second kappa shape index (κ2) is 4.09. The Hall–Kier alpha value is -1.89. The molecule has 0 saturated carbocycles. The molecule has 1 aliphatic heterocycles. The second-order valence-corrected chi connectivity index (χ2v) is 6.19. The van der Waals surface area contributed by atoms with Crippen molar-refractivity contribution in [2.24, 2.45) is 5.92 Å². The molecule has 1 atom stereocenters. The van der Waals surface area contributed by atoms with Crippen molar-refractivity contribution in [1.29, 1.82) is 0 Å². The fourth-order valence-electron chi connectivity index (χ4n) is 1.82. The van der Waals surface area contributed by atoms with Crippen LogP contribution in [-0.2, 0) is 25.8 Å². The molecule has 0 aliphatic carbocycles. The van der Waals surface area contributed by atoms with E-state index in [9.17, 15) is 18.0 Å². The molecule has 2 rings (SSSR count). The predicted octanol–water partition coefficient (Wildman–Crippen LogP) is 0.286. The minimum atomic E-state index is -3.35. The average Bonchev–Trinajstić information content (AvgIpc) is 2.25. The number of anilines is 1. The molecule has 0 radical (unpaired) electrons. The highest BCUT2D eigenvalue weighted by Gasteiger charge is 2.32. The monoisotopic (exact) mass is 269 g/mol. The molecule has 1 aromatic carbocycles. The zero-order valence-electron chi connectivity index (χ0n) is 9.50. The topological polar surface area (TPSA) is 101 Å². The number of amides is 1. The first-order valence-electron chi connectivity index (χ1n) is 5.15. The van der Waals surface area contributed by atoms with Crippen molar-refractivity contribution in [3.63, 3.8) is 0 Å². The quantitative estimate of drug-likeness (QED) is 0.751. The summed E-state index contributed by atoms with van der Waals surface area (Å²) in [5.74, 6) is -2.97. The molecule has 1 amide bonds. The minimum absolute atomic E-state index is 0.000139. The molecule has 0 aromatic heterocycles. The Labute approximate surface area is 104 Å².